The van der Waals surface area contributed by atoms with Crippen molar-refractivity contribution in [3.05, 3.63) is 35.9 Å². The lowest BCUT2D eigenvalue weighted by Crippen LogP contribution is -2.65. The Morgan fingerprint density at radius 3 is 2.43 bits per heavy atom. The van der Waals surface area contributed by atoms with Crippen molar-refractivity contribution in [2.24, 2.45) is 11.8 Å². The predicted molar refractivity (Wildman–Crippen MR) is 82.1 cm³/mol. The summed E-state index contributed by atoms with van der Waals surface area (Å²) in [5.41, 5.74) is 0.899. The summed E-state index contributed by atoms with van der Waals surface area (Å²) in [6, 6.07) is 8.98. The van der Waals surface area contributed by atoms with E-state index < -0.39 is 23.9 Å². The summed E-state index contributed by atoms with van der Waals surface area (Å²) in [6.07, 6.45) is -0.573. The van der Waals surface area contributed by atoms with E-state index in [1.807, 2.05) is 30.3 Å². The summed E-state index contributed by atoms with van der Waals surface area (Å²) in [5.74, 6) is -2.10. The molecule has 1 heterocycles. The van der Waals surface area contributed by atoms with Crippen LogP contribution in [0.1, 0.15) is 26.3 Å². The average molecular weight is 319 g/mol. The van der Waals surface area contributed by atoms with E-state index in [1.165, 1.54) is 6.92 Å². The second-order valence-electron chi connectivity index (χ2n) is 5.76. The topological polar surface area (TPSA) is 81.7 Å². The van der Waals surface area contributed by atoms with Gasteiger partial charge < -0.3 is 14.8 Å². The number of esters is 2. The molecule has 1 aliphatic heterocycles. The molecule has 0 aliphatic carbocycles. The van der Waals surface area contributed by atoms with Crippen LogP contribution in [0.25, 0.3) is 0 Å². The third-order valence-corrected chi connectivity index (χ3v) is 3.99. The highest BCUT2D eigenvalue weighted by Gasteiger charge is 2.49. The molecule has 0 unspecified atom stereocenters. The van der Waals surface area contributed by atoms with Gasteiger partial charge in [0, 0.05) is 6.92 Å². The molecular formula is C17H21NO5. The number of hydrogen-bond acceptors (Lipinski definition) is 5. The molecule has 1 fully saturated rings. The number of nitrogens with one attached hydrogen (secondary N) is 1. The Bertz CT molecular complexity index is 586. The number of carbonyl (C=O) groups is 3. The molecule has 1 aromatic carbocycles. The Morgan fingerprint density at radius 1 is 1.22 bits per heavy atom. The van der Waals surface area contributed by atoms with Crippen molar-refractivity contribution in [1.82, 2.24) is 5.32 Å². The zero-order valence-electron chi connectivity index (χ0n) is 13.4. The van der Waals surface area contributed by atoms with Crippen molar-refractivity contribution in [3.8, 4) is 0 Å². The predicted octanol–water partition coefficient (Wildman–Crippen LogP) is 1.43. The Kier molecular flexibility index (Phi) is 5.36. The lowest BCUT2D eigenvalue weighted by molar-refractivity contribution is -0.162. The molecule has 6 nitrogen and oxygen atoms in total. The van der Waals surface area contributed by atoms with Crippen molar-refractivity contribution in [2.75, 3.05) is 0 Å². The molecule has 0 aromatic heterocycles. The van der Waals surface area contributed by atoms with Gasteiger partial charge in [0.25, 0.3) is 0 Å². The van der Waals surface area contributed by atoms with E-state index in [0.717, 1.165) is 5.56 Å². The quantitative estimate of drug-likeness (QED) is 0.634. The Balaban J connectivity index is 1.91. The van der Waals surface area contributed by atoms with Crippen molar-refractivity contribution in [1.29, 1.82) is 0 Å². The molecule has 6 heteroatoms. The van der Waals surface area contributed by atoms with Crippen LogP contribution in [-0.2, 0) is 30.5 Å². The Morgan fingerprint density at radius 2 is 1.87 bits per heavy atom. The van der Waals surface area contributed by atoms with Crippen molar-refractivity contribution in [3.63, 3.8) is 0 Å². The number of β-lactam (4-membered cyclic amide) rings is 1. The van der Waals surface area contributed by atoms with Crippen molar-refractivity contribution in [2.45, 2.75) is 39.5 Å². The van der Waals surface area contributed by atoms with Gasteiger partial charge in [-0.15, -0.1) is 0 Å². The van der Waals surface area contributed by atoms with Gasteiger partial charge in [-0.1, -0.05) is 30.3 Å². The molecule has 0 bridgehead atoms. The maximum Gasteiger partial charge on any atom is 0.311 e. The minimum absolute atomic E-state index is 0.189. The molecule has 23 heavy (non-hydrogen) atoms. The van der Waals surface area contributed by atoms with Gasteiger partial charge in [0.1, 0.15) is 12.7 Å². The fourth-order valence-corrected chi connectivity index (χ4v) is 2.70. The number of ether oxygens (including phenoxy) is 2. The van der Waals surface area contributed by atoms with Crippen LogP contribution in [0.4, 0.5) is 0 Å². The summed E-state index contributed by atoms with van der Waals surface area (Å²) in [7, 11) is 0. The van der Waals surface area contributed by atoms with E-state index in [9.17, 15) is 14.4 Å². The highest BCUT2D eigenvalue weighted by atomic mass is 16.5. The van der Waals surface area contributed by atoms with E-state index in [0.29, 0.717) is 0 Å². The molecule has 1 saturated heterocycles. The lowest BCUT2D eigenvalue weighted by Gasteiger charge is -2.42. The summed E-state index contributed by atoms with van der Waals surface area (Å²) in [4.78, 5) is 34.9. The number of amides is 1. The monoisotopic (exact) mass is 319 g/mol. The van der Waals surface area contributed by atoms with Gasteiger partial charge in [-0.05, 0) is 19.4 Å². The van der Waals surface area contributed by atoms with Crippen LogP contribution >= 0.6 is 0 Å². The van der Waals surface area contributed by atoms with E-state index in [1.54, 1.807) is 13.8 Å². The molecule has 1 amide bonds. The van der Waals surface area contributed by atoms with Crippen LogP contribution in [0.3, 0.4) is 0 Å². The fourth-order valence-electron chi connectivity index (χ4n) is 2.70. The molecular weight excluding hydrogens is 298 g/mol. The van der Waals surface area contributed by atoms with Gasteiger partial charge in [0.05, 0.1) is 17.9 Å². The van der Waals surface area contributed by atoms with Gasteiger partial charge >= 0.3 is 11.9 Å². The smallest absolute Gasteiger partial charge is 0.311 e. The van der Waals surface area contributed by atoms with Gasteiger partial charge in [-0.2, -0.15) is 0 Å². The van der Waals surface area contributed by atoms with Gasteiger partial charge in [0.15, 0.2) is 0 Å². The number of benzene rings is 1. The fraction of sp³-hybridized carbons (Fsp3) is 0.471. The zero-order chi connectivity index (χ0) is 17.0. The molecule has 0 radical (unpaired) electrons. The molecule has 1 aliphatic rings. The summed E-state index contributed by atoms with van der Waals surface area (Å²) < 4.78 is 10.4. The second kappa shape index (κ2) is 7.26. The normalized spacial score (nSPS) is 22.3. The molecule has 2 rings (SSSR count). The van der Waals surface area contributed by atoms with Crippen LogP contribution in [0, 0.1) is 11.8 Å². The first-order valence-corrected chi connectivity index (χ1v) is 7.58. The average Bonchev–Trinajstić information content (AvgIpc) is 2.49. The van der Waals surface area contributed by atoms with Crippen LogP contribution in [0.15, 0.2) is 30.3 Å². The number of rotatable bonds is 6. The van der Waals surface area contributed by atoms with E-state index in [2.05, 4.69) is 5.32 Å². The van der Waals surface area contributed by atoms with E-state index in [4.69, 9.17) is 9.47 Å². The molecule has 4 atom stereocenters. The van der Waals surface area contributed by atoms with Crippen LogP contribution < -0.4 is 5.32 Å². The minimum Gasteiger partial charge on any atom is -0.462 e. The summed E-state index contributed by atoms with van der Waals surface area (Å²) in [6.45, 7) is 4.83. The highest BCUT2D eigenvalue weighted by molar-refractivity contribution is 5.89. The minimum atomic E-state index is -0.573. The lowest BCUT2D eigenvalue weighted by atomic mass is 9.79. The van der Waals surface area contributed by atoms with Crippen LogP contribution in [0.2, 0.25) is 0 Å². The number of carbonyl (C=O) groups excluding carboxylic acids is 3. The standard InChI is InChI=1S/C17H21NO5/c1-10(17(21)22-9-13-7-5-4-6-8-13)15-14(16(20)18-15)11(2)23-12(3)19/h4-8,10-11,14-15H,9H2,1-3H3,(H,18,20)/t10-,11-,14-,15-/m1/s1. The molecule has 0 spiro atoms. The Hall–Kier alpha value is -2.37. The van der Waals surface area contributed by atoms with Crippen molar-refractivity contribution >= 4 is 17.8 Å². The van der Waals surface area contributed by atoms with Gasteiger partial charge in [-0.3, -0.25) is 14.4 Å². The molecule has 1 aromatic rings. The maximum atomic E-state index is 12.2. The third-order valence-electron chi connectivity index (χ3n) is 3.99. The largest absolute Gasteiger partial charge is 0.462 e. The highest BCUT2D eigenvalue weighted by Crippen LogP contribution is 2.28. The maximum absolute atomic E-state index is 12.2. The van der Waals surface area contributed by atoms with E-state index in [-0.39, 0.29) is 24.5 Å². The first-order chi connectivity index (χ1) is 10.9. The van der Waals surface area contributed by atoms with Crippen LogP contribution in [-0.4, -0.2) is 30.0 Å². The van der Waals surface area contributed by atoms with E-state index >= 15 is 0 Å². The van der Waals surface area contributed by atoms with Gasteiger partial charge in [0.2, 0.25) is 5.91 Å². The van der Waals surface area contributed by atoms with Crippen molar-refractivity contribution < 1.29 is 23.9 Å². The molecule has 0 saturated carbocycles. The second-order valence-corrected chi connectivity index (χ2v) is 5.76. The van der Waals surface area contributed by atoms with Crippen LogP contribution in [0.5, 0.6) is 0 Å². The first kappa shape index (κ1) is 17.0. The first-order valence-electron chi connectivity index (χ1n) is 7.58. The zero-order valence-corrected chi connectivity index (χ0v) is 13.4. The SMILES string of the molecule is CC(=O)O[C@H](C)[C@H]1C(=O)N[C@@H]1[C@@H](C)C(=O)OCc1ccccc1. The molecule has 1 N–H and O–H groups in total. The molecule has 124 valence electrons. The Labute approximate surface area is 135 Å². The third kappa shape index (κ3) is 4.09. The summed E-state index contributed by atoms with van der Waals surface area (Å²) >= 11 is 0. The van der Waals surface area contributed by atoms with Gasteiger partial charge in [-0.25, -0.2) is 0 Å². The number of hydrogen-bond donors (Lipinski definition) is 1. The summed E-state index contributed by atoms with van der Waals surface area (Å²) in [5, 5.41) is 2.69.